The second kappa shape index (κ2) is 17.2. The van der Waals surface area contributed by atoms with Crippen LogP contribution >= 0.6 is 0 Å². The fourth-order valence-electron chi connectivity index (χ4n) is 3.22. The minimum atomic E-state index is -2.14. The number of nitrogens with two attached hydrogens (primary N) is 1. The highest BCUT2D eigenvalue weighted by Crippen LogP contribution is 2.14. The van der Waals surface area contributed by atoms with Gasteiger partial charge >= 0.3 is 0 Å². The average molecular weight is 361 g/mol. The van der Waals surface area contributed by atoms with Crippen LogP contribution in [0, 0.1) is 0 Å². The van der Waals surface area contributed by atoms with E-state index in [9.17, 15) is 10.2 Å². The fourth-order valence-corrected chi connectivity index (χ4v) is 3.22. The summed E-state index contributed by atoms with van der Waals surface area (Å²) in [5.41, 5.74) is 5.49. The monoisotopic (exact) mass is 360 g/mol. The smallest absolute Gasteiger partial charge is 0.249 e. The molecule has 0 aliphatic heterocycles. The van der Waals surface area contributed by atoms with Gasteiger partial charge < -0.3 is 21.1 Å². The first-order valence-electron chi connectivity index (χ1n) is 10.6. The molecule has 0 aromatic carbocycles. The van der Waals surface area contributed by atoms with Gasteiger partial charge in [-0.2, -0.15) is 0 Å². The van der Waals surface area contributed by atoms with Gasteiger partial charge in [-0.1, -0.05) is 90.4 Å². The minimum absolute atomic E-state index is 0.349. The highest BCUT2D eigenvalue weighted by molar-refractivity contribution is 4.68. The van der Waals surface area contributed by atoms with Gasteiger partial charge in [0.15, 0.2) is 0 Å². The molecule has 0 aromatic rings. The molecule has 0 radical (unpaired) electrons. The molecule has 25 heavy (non-hydrogen) atoms. The van der Waals surface area contributed by atoms with E-state index in [-0.39, 0.29) is 0 Å². The van der Waals surface area contributed by atoms with Crippen LogP contribution in [0.5, 0.6) is 0 Å². The highest BCUT2D eigenvalue weighted by Gasteiger charge is 2.29. The molecule has 5 N–H and O–H groups in total. The number of nitrogens with zero attached hydrogens (tertiary/aromatic N) is 1. The first-order valence-corrected chi connectivity index (χ1v) is 10.6. The molecule has 0 saturated carbocycles. The highest BCUT2D eigenvalue weighted by atomic mass is 16.5. The quantitative estimate of drug-likeness (QED) is 0.209. The van der Waals surface area contributed by atoms with Crippen molar-refractivity contribution in [1.29, 1.82) is 0 Å². The molecule has 0 atom stereocenters. The summed E-state index contributed by atoms with van der Waals surface area (Å²) >= 11 is 0. The Morgan fingerprint density at radius 1 is 0.680 bits per heavy atom. The number of unbranched alkanes of at least 4 members (excludes halogenated alkanes) is 13. The van der Waals surface area contributed by atoms with Crippen LogP contribution in [0.1, 0.15) is 96.8 Å². The van der Waals surface area contributed by atoms with Crippen LogP contribution in [-0.4, -0.2) is 52.4 Å². The van der Waals surface area contributed by atoms with Crippen LogP contribution in [0.2, 0.25) is 0 Å². The molecule has 0 spiro atoms. The van der Waals surface area contributed by atoms with Crippen LogP contribution in [0.3, 0.4) is 0 Å². The van der Waals surface area contributed by atoms with Gasteiger partial charge in [-0.25, -0.2) is 4.90 Å². The third-order valence-electron chi connectivity index (χ3n) is 4.90. The maximum Gasteiger partial charge on any atom is 0.249 e. The van der Waals surface area contributed by atoms with Crippen molar-refractivity contribution in [2.24, 2.45) is 5.73 Å². The van der Waals surface area contributed by atoms with Gasteiger partial charge in [-0.05, 0) is 6.42 Å². The molecule has 0 unspecified atom stereocenters. The number of rotatable bonds is 19. The van der Waals surface area contributed by atoms with Crippen molar-refractivity contribution in [3.05, 3.63) is 0 Å². The largest absolute Gasteiger partial charge is 0.389 e. The molecule has 0 aromatic heterocycles. The molecule has 0 rings (SSSR count). The van der Waals surface area contributed by atoms with Gasteiger partial charge in [0.2, 0.25) is 5.91 Å². The molecule has 0 bridgehead atoms. The first-order chi connectivity index (χ1) is 12.1. The van der Waals surface area contributed by atoms with Crippen molar-refractivity contribution in [3.63, 3.8) is 0 Å². The molecular formula is C20H44N2O3. The summed E-state index contributed by atoms with van der Waals surface area (Å²) in [7, 11) is 0. The summed E-state index contributed by atoms with van der Waals surface area (Å²) in [6.07, 6.45) is 18.2. The van der Waals surface area contributed by atoms with E-state index in [1.54, 1.807) is 0 Å². The van der Waals surface area contributed by atoms with Crippen molar-refractivity contribution >= 4 is 0 Å². The fraction of sp³-hybridized carbons (Fsp3) is 1.00. The van der Waals surface area contributed by atoms with Crippen LogP contribution in [0.15, 0.2) is 0 Å². The van der Waals surface area contributed by atoms with E-state index in [1.165, 1.54) is 81.9 Å². The molecule has 5 nitrogen and oxygen atoms in total. The van der Waals surface area contributed by atoms with E-state index in [0.29, 0.717) is 19.6 Å². The third kappa shape index (κ3) is 14.6. The zero-order valence-electron chi connectivity index (χ0n) is 16.6. The lowest BCUT2D eigenvalue weighted by atomic mass is 10.0. The van der Waals surface area contributed by atoms with Gasteiger partial charge in [0, 0.05) is 19.6 Å². The van der Waals surface area contributed by atoms with Crippen LogP contribution < -0.4 is 5.73 Å². The Balaban J connectivity index is 3.40. The van der Waals surface area contributed by atoms with E-state index >= 15 is 0 Å². The number of hydrogen-bond donors (Lipinski definition) is 4. The van der Waals surface area contributed by atoms with E-state index in [1.807, 2.05) is 0 Å². The summed E-state index contributed by atoms with van der Waals surface area (Å²) in [6, 6.07) is 0. The van der Waals surface area contributed by atoms with E-state index in [0.717, 1.165) is 12.8 Å². The van der Waals surface area contributed by atoms with E-state index < -0.39 is 12.5 Å². The number of hydrogen-bond acceptors (Lipinski definition) is 5. The topological polar surface area (TPSA) is 90.0 Å². The first kappa shape index (κ1) is 24.8. The molecule has 0 aliphatic carbocycles. The molecule has 0 saturated heterocycles. The Kier molecular flexibility index (Phi) is 17.1. The second-order valence-electron chi connectivity index (χ2n) is 7.30. The summed E-state index contributed by atoms with van der Waals surface area (Å²) < 4.78 is 0. The van der Waals surface area contributed by atoms with Crippen molar-refractivity contribution < 1.29 is 15.3 Å². The van der Waals surface area contributed by atoms with Gasteiger partial charge in [0.25, 0.3) is 0 Å². The Morgan fingerprint density at radius 3 is 1.44 bits per heavy atom. The lowest BCUT2D eigenvalue weighted by Gasteiger charge is -2.33. The van der Waals surface area contributed by atoms with Crippen molar-refractivity contribution in [2.75, 3.05) is 26.2 Å². The van der Waals surface area contributed by atoms with Crippen LogP contribution in [0.4, 0.5) is 0 Å². The van der Waals surface area contributed by atoms with Gasteiger partial charge in [-0.3, -0.25) is 0 Å². The lowest BCUT2D eigenvalue weighted by molar-refractivity contribution is -0.281. The molecule has 5 heteroatoms. The summed E-state index contributed by atoms with van der Waals surface area (Å²) in [4.78, 5) is 1.45. The van der Waals surface area contributed by atoms with E-state index in [2.05, 4.69) is 6.92 Å². The zero-order valence-corrected chi connectivity index (χ0v) is 16.6. The SMILES string of the molecule is CCCCCCCCCCCCCCCCN(CCN)C(O)(O)CO. The van der Waals surface area contributed by atoms with Gasteiger partial charge in [0.05, 0.1) is 0 Å². The molecule has 0 fully saturated rings. The third-order valence-corrected chi connectivity index (χ3v) is 4.90. The van der Waals surface area contributed by atoms with Crippen molar-refractivity contribution in [2.45, 2.75) is 103 Å². The Labute approximate surface area is 155 Å². The molecule has 152 valence electrons. The summed E-state index contributed by atoms with van der Waals surface area (Å²) in [6.45, 7) is 2.86. The van der Waals surface area contributed by atoms with Crippen LogP contribution in [0.25, 0.3) is 0 Å². The Bertz CT molecular complexity index is 276. The molecule has 0 amide bonds. The van der Waals surface area contributed by atoms with E-state index in [4.69, 9.17) is 10.8 Å². The van der Waals surface area contributed by atoms with Gasteiger partial charge in [0.1, 0.15) is 6.61 Å². The predicted octanol–water partition coefficient (Wildman–Crippen LogP) is 3.36. The predicted molar refractivity (Wildman–Crippen MR) is 105 cm³/mol. The molecular weight excluding hydrogens is 316 g/mol. The normalized spacial score (nSPS) is 12.2. The average Bonchev–Trinajstić information content (AvgIpc) is 2.61. The Morgan fingerprint density at radius 2 is 1.08 bits per heavy atom. The maximum atomic E-state index is 9.69. The lowest BCUT2D eigenvalue weighted by Crippen LogP contribution is -2.53. The van der Waals surface area contributed by atoms with Crippen LogP contribution in [-0.2, 0) is 0 Å². The summed E-state index contributed by atoms with van der Waals surface area (Å²) in [5.74, 6) is -2.14. The molecule has 0 heterocycles. The maximum absolute atomic E-state index is 9.69. The number of aliphatic hydroxyl groups excluding tert-OH is 1. The molecule has 0 aliphatic rings. The Hall–Kier alpha value is -0.200. The summed E-state index contributed by atoms with van der Waals surface area (Å²) in [5, 5.41) is 28.4. The van der Waals surface area contributed by atoms with Gasteiger partial charge in [-0.15, -0.1) is 0 Å². The number of aliphatic hydroxyl groups is 3. The minimum Gasteiger partial charge on any atom is -0.389 e. The van der Waals surface area contributed by atoms with Crippen molar-refractivity contribution in [3.8, 4) is 0 Å². The second-order valence-corrected chi connectivity index (χ2v) is 7.30. The van der Waals surface area contributed by atoms with Crippen molar-refractivity contribution in [1.82, 2.24) is 4.90 Å². The zero-order chi connectivity index (χ0) is 18.8. The standard InChI is InChI=1S/C20H44N2O3/c1-2-3-4-5-6-7-8-9-10-11-12-13-14-15-17-22(18-16-21)20(24,25)19-23/h23-25H,2-19,21H2,1H3.